The number of anilines is 1. The highest BCUT2D eigenvalue weighted by Crippen LogP contribution is 2.33. The zero-order valence-electron chi connectivity index (χ0n) is 15.5. The van der Waals surface area contributed by atoms with Crippen LogP contribution in [0.5, 0.6) is 0 Å². The lowest BCUT2D eigenvalue weighted by Gasteiger charge is -2.20. The molecule has 9 nitrogen and oxygen atoms in total. The van der Waals surface area contributed by atoms with Crippen molar-refractivity contribution in [1.82, 2.24) is 14.3 Å². The van der Waals surface area contributed by atoms with E-state index in [1.165, 1.54) is 19.2 Å². The maximum Gasteiger partial charge on any atom is 0.293 e. The molecule has 1 atom stereocenters. The molecule has 1 aromatic heterocycles. The molecule has 0 aliphatic rings. The Morgan fingerprint density at radius 2 is 1.90 bits per heavy atom. The molecule has 0 aliphatic carbocycles. The van der Waals surface area contributed by atoms with Crippen molar-refractivity contribution < 1.29 is 13.3 Å². The zero-order valence-corrected chi connectivity index (χ0v) is 17.1. The molecule has 1 unspecified atom stereocenters. The first-order chi connectivity index (χ1) is 13.7. The van der Waals surface area contributed by atoms with Gasteiger partial charge in [-0.3, -0.25) is 10.1 Å². The molecule has 3 rings (SSSR count). The molecule has 1 heterocycles. The summed E-state index contributed by atoms with van der Waals surface area (Å²) in [6.45, 7) is 0. The van der Waals surface area contributed by atoms with E-state index in [4.69, 9.17) is 11.6 Å². The fourth-order valence-electron chi connectivity index (χ4n) is 2.83. The molecule has 29 heavy (non-hydrogen) atoms. The first kappa shape index (κ1) is 20.8. The van der Waals surface area contributed by atoms with Crippen molar-refractivity contribution in [3.05, 3.63) is 81.4 Å². The van der Waals surface area contributed by atoms with Gasteiger partial charge in [-0.2, -0.15) is 0 Å². The topological polar surface area (TPSA) is 119 Å². The molecule has 0 radical (unpaired) electrons. The van der Waals surface area contributed by atoms with E-state index in [-0.39, 0.29) is 16.3 Å². The van der Waals surface area contributed by atoms with E-state index in [9.17, 15) is 18.5 Å². The number of sulfonamides is 1. The number of rotatable bonds is 7. The Labute approximate surface area is 172 Å². The van der Waals surface area contributed by atoms with Gasteiger partial charge in [-0.25, -0.2) is 18.1 Å². The van der Waals surface area contributed by atoms with Crippen molar-refractivity contribution in [3.8, 4) is 0 Å². The molecule has 0 saturated heterocycles. The number of aromatic nitrogens is 2. The lowest BCUT2D eigenvalue weighted by atomic mass is 10.1. The summed E-state index contributed by atoms with van der Waals surface area (Å²) < 4.78 is 28.0. The van der Waals surface area contributed by atoms with Gasteiger partial charge in [0.25, 0.3) is 5.69 Å². The highest BCUT2D eigenvalue weighted by molar-refractivity contribution is 7.89. The van der Waals surface area contributed by atoms with Gasteiger partial charge >= 0.3 is 0 Å². The fourth-order valence-corrected chi connectivity index (χ4v) is 3.71. The van der Waals surface area contributed by atoms with Crippen LogP contribution >= 0.6 is 11.6 Å². The van der Waals surface area contributed by atoms with Crippen LogP contribution in [0.3, 0.4) is 0 Å². The Hall–Kier alpha value is -2.95. The van der Waals surface area contributed by atoms with Crippen LogP contribution in [0.2, 0.25) is 5.02 Å². The molecule has 2 N–H and O–H groups in total. The molecule has 0 spiro atoms. The number of nitrogens with zero attached hydrogens (tertiary/aromatic N) is 3. The van der Waals surface area contributed by atoms with Gasteiger partial charge in [0.15, 0.2) is 0 Å². The van der Waals surface area contributed by atoms with Crippen molar-refractivity contribution in [2.45, 2.75) is 10.9 Å². The first-order valence-electron chi connectivity index (χ1n) is 8.44. The Kier molecular flexibility index (Phi) is 5.87. The molecule has 0 amide bonds. The van der Waals surface area contributed by atoms with E-state index >= 15 is 0 Å². The molecule has 2 aromatic carbocycles. The number of nitro benzene ring substituents is 1. The summed E-state index contributed by atoms with van der Waals surface area (Å²) >= 11 is 5.98. The average molecular weight is 436 g/mol. The van der Waals surface area contributed by atoms with Crippen LogP contribution in [0.1, 0.15) is 17.4 Å². The quantitative estimate of drug-likeness (QED) is 0.434. The minimum atomic E-state index is -3.82. The van der Waals surface area contributed by atoms with Crippen LogP contribution in [0.25, 0.3) is 0 Å². The van der Waals surface area contributed by atoms with E-state index < -0.39 is 21.0 Å². The highest BCUT2D eigenvalue weighted by Gasteiger charge is 2.25. The monoisotopic (exact) mass is 435 g/mol. The minimum Gasteiger partial charge on any atom is -0.366 e. The second-order valence-corrected chi connectivity index (χ2v) is 8.49. The smallest absolute Gasteiger partial charge is 0.293 e. The van der Waals surface area contributed by atoms with Gasteiger partial charge in [-0.15, -0.1) is 0 Å². The lowest BCUT2D eigenvalue weighted by Crippen LogP contribution is -2.20. The summed E-state index contributed by atoms with van der Waals surface area (Å²) in [5.74, 6) is 0.619. The lowest BCUT2D eigenvalue weighted by molar-refractivity contribution is -0.384. The number of hydrogen-bond donors (Lipinski definition) is 2. The predicted molar refractivity (Wildman–Crippen MR) is 109 cm³/mol. The number of aryl methyl sites for hydroxylation is 1. The van der Waals surface area contributed by atoms with Gasteiger partial charge in [-0.05, 0) is 36.9 Å². The maximum atomic E-state index is 12.0. The van der Waals surface area contributed by atoms with Gasteiger partial charge in [0.2, 0.25) is 10.0 Å². The number of nitrogens with one attached hydrogen (secondary N) is 2. The van der Waals surface area contributed by atoms with E-state index in [2.05, 4.69) is 15.0 Å². The average Bonchev–Trinajstić information content (AvgIpc) is 3.12. The molecule has 11 heteroatoms. The van der Waals surface area contributed by atoms with Gasteiger partial charge in [-0.1, -0.05) is 23.7 Å². The number of imidazole rings is 1. The third-order valence-corrected chi connectivity index (χ3v) is 6.03. The Balaban J connectivity index is 2.09. The molecule has 0 aliphatic heterocycles. The Morgan fingerprint density at radius 3 is 2.45 bits per heavy atom. The second kappa shape index (κ2) is 8.19. The third-order valence-electron chi connectivity index (χ3n) is 4.36. The summed E-state index contributed by atoms with van der Waals surface area (Å²) in [7, 11) is -0.769. The molecular formula is C18H18ClN5O4S. The molecule has 0 saturated carbocycles. The standard InChI is InChI=1S/C18H18ClN5O4S/c1-20-29(27,28)14-7-8-15(16(11-14)24(25)26)22-17(18-21-9-10-23(18)2)12-3-5-13(19)6-4-12/h3-11,17,20,22H,1-2H3. The zero-order chi connectivity index (χ0) is 21.2. The third kappa shape index (κ3) is 4.39. The maximum absolute atomic E-state index is 12.0. The highest BCUT2D eigenvalue weighted by atomic mass is 35.5. The van der Waals surface area contributed by atoms with Crippen LogP contribution in [0.15, 0.2) is 59.8 Å². The SMILES string of the molecule is CNS(=O)(=O)c1ccc(NC(c2ccc(Cl)cc2)c2nccn2C)c([N+](=O)[O-])c1. The van der Waals surface area contributed by atoms with Crippen LogP contribution in [-0.4, -0.2) is 29.9 Å². The molecule has 0 fully saturated rings. The fraction of sp³-hybridized carbons (Fsp3) is 0.167. The Bertz CT molecular complexity index is 1150. The van der Waals surface area contributed by atoms with E-state index in [1.807, 2.05) is 7.05 Å². The number of halogens is 1. The summed E-state index contributed by atoms with van der Waals surface area (Å²) in [4.78, 5) is 15.1. The van der Waals surface area contributed by atoms with Crippen LogP contribution in [0, 0.1) is 10.1 Å². The van der Waals surface area contributed by atoms with Crippen molar-refractivity contribution in [1.29, 1.82) is 0 Å². The molecular weight excluding hydrogens is 418 g/mol. The van der Waals surface area contributed by atoms with Gasteiger partial charge in [0.05, 0.1) is 9.82 Å². The van der Waals surface area contributed by atoms with Crippen LogP contribution in [0.4, 0.5) is 11.4 Å². The second-order valence-electron chi connectivity index (χ2n) is 6.17. The van der Waals surface area contributed by atoms with Crippen molar-refractivity contribution >= 4 is 33.0 Å². The van der Waals surface area contributed by atoms with Crippen molar-refractivity contribution in [2.24, 2.45) is 7.05 Å². The summed E-state index contributed by atoms with van der Waals surface area (Å²) in [6.07, 6.45) is 3.38. The predicted octanol–water partition coefficient (Wildman–Crippen LogP) is 3.09. The number of benzene rings is 2. The molecule has 152 valence electrons. The van der Waals surface area contributed by atoms with Gasteiger partial charge in [0.1, 0.15) is 17.6 Å². The molecule has 3 aromatic rings. The van der Waals surface area contributed by atoms with Crippen LogP contribution < -0.4 is 10.0 Å². The summed E-state index contributed by atoms with van der Waals surface area (Å²) in [6, 6.07) is 10.2. The minimum absolute atomic E-state index is 0.160. The normalized spacial score (nSPS) is 12.5. The van der Waals surface area contributed by atoms with E-state index in [0.29, 0.717) is 10.8 Å². The first-order valence-corrected chi connectivity index (χ1v) is 10.3. The van der Waals surface area contributed by atoms with Crippen molar-refractivity contribution in [3.63, 3.8) is 0 Å². The number of hydrogen-bond acceptors (Lipinski definition) is 6. The largest absolute Gasteiger partial charge is 0.366 e. The van der Waals surface area contributed by atoms with Gasteiger partial charge < -0.3 is 9.88 Å². The summed E-state index contributed by atoms with van der Waals surface area (Å²) in [5.41, 5.74) is 0.576. The van der Waals surface area contributed by atoms with E-state index in [1.54, 1.807) is 41.2 Å². The van der Waals surface area contributed by atoms with Crippen LogP contribution in [-0.2, 0) is 17.1 Å². The summed E-state index contributed by atoms with van der Waals surface area (Å²) in [5, 5.41) is 15.3. The Morgan fingerprint density at radius 1 is 1.21 bits per heavy atom. The van der Waals surface area contributed by atoms with Gasteiger partial charge in [0, 0.05) is 30.5 Å². The van der Waals surface area contributed by atoms with Crippen molar-refractivity contribution in [2.75, 3.05) is 12.4 Å². The van der Waals surface area contributed by atoms with E-state index in [0.717, 1.165) is 11.6 Å². The molecule has 0 bridgehead atoms. The number of nitro groups is 1.